The molecule has 122 valence electrons. The van der Waals surface area contributed by atoms with Crippen molar-refractivity contribution >= 4 is 5.91 Å². The Hall–Kier alpha value is -2.58. The Kier molecular flexibility index (Phi) is 3.62. The fourth-order valence-corrected chi connectivity index (χ4v) is 4.04. The van der Waals surface area contributed by atoms with E-state index in [-0.39, 0.29) is 11.9 Å². The lowest BCUT2D eigenvalue weighted by molar-refractivity contribution is 0.0923. The van der Waals surface area contributed by atoms with Gasteiger partial charge >= 0.3 is 0 Å². The van der Waals surface area contributed by atoms with E-state index in [4.69, 9.17) is 0 Å². The minimum Gasteiger partial charge on any atom is -0.346 e. The van der Waals surface area contributed by atoms with E-state index < -0.39 is 0 Å². The zero-order chi connectivity index (χ0) is 16.7. The topological polar surface area (TPSA) is 69.8 Å². The molecule has 3 atom stereocenters. The first-order valence-electron chi connectivity index (χ1n) is 8.39. The quantitative estimate of drug-likeness (QED) is 0.911. The van der Waals surface area contributed by atoms with Gasteiger partial charge in [-0.05, 0) is 37.5 Å². The fraction of sp³-hybridized carbons (Fsp3) is 0.368. The first kappa shape index (κ1) is 15.0. The summed E-state index contributed by atoms with van der Waals surface area (Å²) in [5.74, 6) is -0.0439. The van der Waals surface area contributed by atoms with Crippen molar-refractivity contribution in [2.24, 2.45) is 7.05 Å². The van der Waals surface area contributed by atoms with Gasteiger partial charge in [-0.15, -0.1) is 0 Å². The molecule has 2 fully saturated rings. The van der Waals surface area contributed by atoms with Crippen LogP contribution < -0.4 is 10.6 Å². The molecule has 24 heavy (non-hydrogen) atoms. The van der Waals surface area contributed by atoms with Crippen molar-refractivity contribution in [3.05, 3.63) is 47.7 Å². The molecular formula is C19H20N4O. The van der Waals surface area contributed by atoms with Crippen LogP contribution >= 0.6 is 0 Å². The van der Waals surface area contributed by atoms with Gasteiger partial charge in [-0.25, -0.2) is 0 Å². The number of hydrogen-bond donors (Lipinski definition) is 2. The molecule has 2 aromatic rings. The number of rotatable bonds is 3. The summed E-state index contributed by atoms with van der Waals surface area (Å²) in [4.78, 5) is 12.7. The van der Waals surface area contributed by atoms with Crippen LogP contribution in [0.4, 0.5) is 0 Å². The lowest BCUT2D eigenvalue weighted by Gasteiger charge is -2.21. The van der Waals surface area contributed by atoms with E-state index in [0.29, 0.717) is 23.3 Å². The molecular weight excluding hydrogens is 300 g/mol. The number of nitriles is 1. The molecule has 0 aliphatic carbocycles. The SMILES string of the molecule is Cn1c(C(=O)N[C@@H]2C[C@H]3CC[C@@H]2N3)ccc1-c1ccccc1C#N. The maximum absolute atomic E-state index is 12.7. The molecule has 2 aliphatic heterocycles. The van der Waals surface area contributed by atoms with Gasteiger partial charge in [0.1, 0.15) is 5.69 Å². The second-order valence-electron chi connectivity index (χ2n) is 6.68. The number of nitrogens with one attached hydrogen (secondary N) is 2. The van der Waals surface area contributed by atoms with Crippen LogP contribution in [0.25, 0.3) is 11.3 Å². The summed E-state index contributed by atoms with van der Waals surface area (Å²) in [6.45, 7) is 0. The monoisotopic (exact) mass is 320 g/mol. The van der Waals surface area contributed by atoms with Crippen molar-refractivity contribution in [2.45, 2.75) is 37.4 Å². The van der Waals surface area contributed by atoms with E-state index in [1.165, 1.54) is 6.42 Å². The third-order valence-corrected chi connectivity index (χ3v) is 5.29. The molecule has 2 aliphatic rings. The lowest BCUT2D eigenvalue weighted by atomic mass is 9.95. The van der Waals surface area contributed by atoms with E-state index in [0.717, 1.165) is 24.1 Å². The smallest absolute Gasteiger partial charge is 0.268 e. The van der Waals surface area contributed by atoms with Crippen LogP contribution in [0.5, 0.6) is 0 Å². The lowest BCUT2D eigenvalue weighted by Crippen LogP contribution is -2.43. The van der Waals surface area contributed by atoms with Crippen molar-refractivity contribution in [1.29, 1.82) is 5.26 Å². The van der Waals surface area contributed by atoms with Crippen molar-refractivity contribution in [2.75, 3.05) is 0 Å². The molecule has 1 aromatic carbocycles. The number of amides is 1. The minimum atomic E-state index is -0.0439. The van der Waals surface area contributed by atoms with Gasteiger partial charge in [0.05, 0.1) is 11.6 Å². The number of carbonyl (C=O) groups is 1. The van der Waals surface area contributed by atoms with E-state index in [1.54, 1.807) is 6.07 Å². The summed E-state index contributed by atoms with van der Waals surface area (Å²) in [5, 5.41) is 16.0. The number of carbonyl (C=O) groups excluding carboxylic acids is 1. The number of nitrogens with zero attached hydrogens (tertiary/aromatic N) is 2. The van der Waals surface area contributed by atoms with Gasteiger partial charge < -0.3 is 15.2 Å². The Morgan fingerprint density at radius 3 is 2.83 bits per heavy atom. The average molecular weight is 320 g/mol. The van der Waals surface area contributed by atoms with Gasteiger partial charge in [0.15, 0.2) is 0 Å². The molecule has 5 nitrogen and oxygen atoms in total. The first-order valence-corrected chi connectivity index (χ1v) is 8.39. The first-order chi connectivity index (χ1) is 11.7. The van der Waals surface area contributed by atoms with Gasteiger partial charge in [-0.2, -0.15) is 5.26 Å². The Labute approximate surface area is 141 Å². The van der Waals surface area contributed by atoms with E-state index in [1.807, 2.05) is 41.9 Å². The predicted octanol–water partition coefficient (Wildman–Crippen LogP) is 2.19. The van der Waals surface area contributed by atoms with Crippen LogP contribution in [0, 0.1) is 11.3 Å². The normalized spacial score (nSPS) is 24.8. The summed E-state index contributed by atoms with van der Waals surface area (Å²) < 4.78 is 1.87. The highest BCUT2D eigenvalue weighted by molar-refractivity contribution is 5.94. The molecule has 2 saturated heterocycles. The van der Waals surface area contributed by atoms with Crippen molar-refractivity contribution in [3.63, 3.8) is 0 Å². The van der Waals surface area contributed by atoms with Crippen LogP contribution in [0.3, 0.4) is 0 Å². The van der Waals surface area contributed by atoms with E-state index in [9.17, 15) is 10.1 Å². The largest absolute Gasteiger partial charge is 0.346 e. The van der Waals surface area contributed by atoms with Crippen molar-refractivity contribution < 1.29 is 4.79 Å². The fourth-order valence-electron chi connectivity index (χ4n) is 4.04. The molecule has 4 rings (SSSR count). The Morgan fingerprint density at radius 1 is 1.29 bits per heavy atom. The zero-order valence-corrected chi connectivity index (χ0v) is 13.6. The molecule has 0 unspecified atom stereocenters. The third kappa shape index (κ3) is 2.40. The Morgan fingerprint density at radius 2 is 2.12 bits per heavy atom. The third-order valence-electron chi connectivity index (χ3n) is 5.29. The molecule has 0 spiro atoms. The highest BCUT2D eigenvalue weighted by atomic mass is 16.2. The summed E-state index contributed by atoms with van der Waals surface area (Å²) in [6.07, 6.45) is 3.38. The van der Waals surface area contributed by atoms with E-state index in [2.05, 4.69) is 16.7 Å². The maximum atomic E-state index is 12.7. The van der Waals surface area contributed by atoms with Gasteiger partial charge in [-0.3, -0.25) is 4.79 Å². The summed E-state index contributed by atoms with van der Waals surface area (Å²) in [5.41, 5.74) is 2.97. The van der Waals surface area contributed by atoms with Crippen LogP contribution in [-0.2, 0) is 7.05 Å². The van der Waals surface area contributed by atoms with Crippen molar-refractivity contribution in [3.8, 4) is 17.3 Å². The summed E-state index contributed by atoms with van der Waals surface area (Å²) >= 11 is 0. The molecule has 1 amide bonds. The number of hydrogen-bond acceptors (Lipinski definition) is 3. The van der Waals surface area contributed by atoms with Crippen LogP contribution in [-0.4, -0.2) is 28.6 Å². The average Bonchev–Trinajstić information content (AvgIpc) is 3.30. The van der Waals surface area contributed by atoms with Gasteiger partial charge in [0, 0.05) is 36.4 Å². The van der Waals surface area contributed by atoms with Gasteiger partial charge in [0.25, 0.3) is 5.91 Å². The second kappa shape index (κ2) is 5.81. The molecule has 0 saturated carbocycles. The Bertz CT molecular complexity index is 832. The van der Waals surface area contributed by atoms with Gasteiger partial charge in [-0.1, -0.05) is 18.2 Å². The molecule has 3 heterocycles. The van der Waals surface area contributed by atoms with Crippen LogP contribution in [0.2, 0.25) is 0 Å². The number of aromatic nitrogens is 1. The maximum Gasteiger partial charge on any atom is 0.268 e. The van der Waals surface area contributed by atoms with Crippen molar-refractivity contribution in [1.82, 2.24) is 15.2 Å². The minimum absolute atomic E-state index is 0.0439. The molecule has 0 radical (unpaired) electrons. The number of benzene rings is 1. The Balaban J connectivity index is 1.58. The highest BCUT2D eigenvalue weighted by Gasteiger charge is 2.39. The summed E-state index contributed by atoms with van der Waals surface area (Å²) in [6, 6.07) is 14.6. The zero-order valence-electron chi connectivity index (χ0n) is 13.6. The van der Waals surface area contributed by atoms with E-state index >= 15 is 0 Å². The standard InChI is InChI=1S/C19H20N4O/c1-23-17(14-5-3-2-4-12(14)11-20)8-9-18(23)19(24)22-16-10-13-6-7-15(16)21-13/h2-5,8-9,13,15-16,21H,6-7,10H2,1H3,(H,22,24)/t13-,15+,16-/m1/s1. The number of fused-ring (bicyclic) bond motifs is 2. The molecule has 2 N–H and O–H groups in total. The molecule has 2 bridgehead atoms. The van der Waals surface area contributed by atoms with Crippen LogP contribution in [0.1, 0.15) is 35.3 Å². The van der Waals surface area contributed by atoms with Gasteiger partial charge in [0.2, 0.25) is 0 Å². The van der Waals surface area contributed by atoms with Crippen LogP contribution in [0.15, 0.2) is 36.4 Å². The molecule has 5 heteroatoms. The predicted molar refractivity (Wildman–Crippen MR) is 91.4 cm³/mol. The second-order valence-corrected chi connectivity index (χ2v) is 6.68. The molecule has 1 aromatic heterocycles. The highest BCUT2D eigenvalue weighted by Crippen LogP contribution is 2.29. The summed E-state index contributed by atoms with van der Waals surface area (Å²) in [7, 11) is 1.87.